The van der Waals surface area contributed by atoms with Crippen LogP contribution in [0.3, 0.4) is 0 Å². The Hall–Kier alpha value is -1.26. The monoisotopic (exact) mass is 335 g/mol. The van der Waals surface area contributed by atoms with Crippen LogP contribution in [0.2, 0.25) is 0 Å². The number of carbonyl (C=O) groups excluding carboxylic acids is 1. The van der Waals surface area contributed by atoms with E-state index >= 15 is 0 Å². The second kappa shape index (κ2) is 5.80. The third kappa shape index (κ3) is 3.39. The molecule has 0 aliphatic heterocycles. The third-order valence-electron chi connectivity index (χ3n) is 2.84. The highest BCUT2D eigenvalue weighted by atomic mass is 79.9. The maximum Gasteiger partial charge on any atom is 0.256 e. The Labute approximate surface area is 126 Å². The summed E-state index contributed by atoms with van der Waals surface area (Å²) in [7, 11) is 0. The minimum atomic E-state index is -0.142. The van der Waals surface area contributed by atoms with Crippen molar-refractivity contribution in [2.24, 2.45) is 0 Å². The van der Waals surface area contributed by atoms with Gasteiger partial charge in [0, 0.05) is 15.1 Å². The molecule has 19 heavy (non-hydrogen) atoms. The summed E-state index contributed by atoms with van der Waals surface area (Å²) in [5, 5.41) is 2.93. The van der Waals surface area contributed by atoms with Crippen molar-refractivity contribution in [3.63, 3.8) is 0 Å². The molecule has 2 nitrogen and oxygen atoms in total. The molecule has 0 saturated carbocycles. The van der Waals surface area contributed by atoms with Crippen LogP contribution in [-0.2, 0) is 0 Å². The van der Waals surface area contributed by atoms with E-state index in [1.165, 1.54) is 0 Å². The van der Waals surface area contributed by atoms with Gasteiger partial charge in [-0.15, -0.1) is 12.6 Å². The van der Waals surface area contributed by atoms with Crippen LogP contribution in [0, 0.1) is 13.8 Å². The molecule has 0 radical (unpaired) electrons. The highest BCUT2D eigenvalue weighted by Crippen LogP contribution is 2.23. The van der Waals surface area contributed by atoms with Crippen LogP contribution in [0.1, 0.15) is 21.5 Å². The standard InChI is InChI=1S/C15H14BrNOS/c1-9-3-4-10(2)14(7-9)17-15(18)12-8-11(19)5-6-13(12)16/h3-8,19H,1-2H3,(H,17,18). The average molecular weight is 336 g/mol. The van der Waals surface area contributed by atoms with Crippen LogP contribution in [0.15, 0.2) is 45.8 Å². The Kier molecular flexibility index (Phi) is 4.32. The lowest BCUT2D eigenvalue weighted by Crippen LogP contribution is -2.13. The Balaban J connectivity index is 2.30. The number of hydrogen-bond acceptors (Lipinski definition) is 2. The smallest absolute Gasteiger partial charge is 0.256 e. The van der Waals surface area contributed by atoms with Gasteiger partial charge in [0.25, 0.3) is 5.91 Å². The van der Waals surface area contributed by atoms with E-state index < -0.39 is 0 Å². The summed E-state index contributed by atoms with van der Waals surface area (Å²) in [5.74, 6) is -0.142. The van der Waals surface area contributed by atoms with E-state index in [1.54, 1.807) is 6.07 Å². The molecule has 0 aromatic heterocycles. The Bertz CT molecular complexity index is 640. The van der Waals surface area contributed by atoms with Crippen molar-refractivity contribution in [1.29, 1.82) is 0 Å². The molecule has 0 bridgehead atoms. The van der Waals surface area contributed by atoms with Crippen LogP contribution in [0.4, 0.5) is 5.69 Å². The van der Waals surface area contributed by atoms with E-state index in [9.17, 15) is 4.79 Å². The summed E-state index contributed by atoms with van der Waals surface area (Å²) < 4.78 is 0.758. The average Bonchev–Trinajstić information content (AvgIpc) is 2.36. The zero-order valence-electron chi connectivity index (χ0n) is 10.7. The van der Waals surface area contributed by atoms with E-state index in [0.29, 0.717) is 5.56 Å². The van der Waals surface area contributed by atoms with Crippen LogP contribution in [0.5, 0.6) is 0 Å². The predicted molar refractivity (Wildman–Crippen MR) is 85.3 cm³/mol. The Morgan fingerprint density at radius 3 is 2.63 bits per heavy atom. The molecule has 0 saturated heterocycles. The van der Waals surface area contributed by atoms with Gasteiger partial charge in [-0.25, -0.2) is 0 Å². The second-order valence-electron chi connectivity index (χ2n) is 4.44. The van der Waals surface area contributed by atoms with E-state index in [-0.39, 0.29) is 5.91 Å². The molecule has 0 heterocycles. The van der Waals surface area contributed by atoms with Gasteiger partial charge in [0.2, 0.25) is 0 Å². The fourth-order valence-electron chi connectivity index (χ4n) is 1.75. The minimum absolute atomic E-state index is 0.142. The second-order valence-corrected chi connectivity index (χ2v) is 5.81. The predicted octanol–water partition coefficient (Wildman–Crippen LogP) is 4.61. The van der Waals surface area contributed by atoms with Crippen molar-refractivity contribution in [2.45, 2.75) is 18.7 Å². The highest BCUT2D eigenvalue weighted by Gasteiger charge is 2.11. The summed E-state index contributed by atoms with van der Waals surface area (Å²) in [5.41, 5.74) is 3.56. The van der Waals surface area contributed by atoms with E-state index in [4.69, 9.17) is 0 Å². The van der Waals surface area contributed by atoms with Crippen LogP contribution >= 0.6 is 28.6 Å². The first-order valence-corrected chi connectivity index (χ1v) is 7.08. The lowest BCUT2D eigenvalue weighted by molar-refractivity contribution is 0.102. The summed E-state index contributed by atoms with van der Waals surface area (Å²) in [6, 6.07) is 11.4. The van der Waals surface area contributed by atoms with Crippen molar-refractivity contribution in [1.82, 2.24) is 0 Å². The van der Waals surface area contributed by atoms with E-state index in [2.05, 4.69) is 33.9 Å². The van der Waals surface area contributed by atoms with Gasteiger partial charge in [-0.1, -0.05) is 12.1 Å². The zero-order chi connectivity index (χ0) is 14.0. The van der Waals surface area contributed by atoms with Gasteiger partial charge < -0.3 is 5.32 Å². The molecule has 1 amide bonds. The summed E-state index contributed by atoms with van der Waals surface area (Å²) in [6.07, 6.45) is 0. The minimum Gasteiger partial charge on any atom is -0.322 e. The van der Waals surface area contributed by atoms with Crippen LogP contribution < -0.4 is 5.32 Å². The fourth-order valence-corrected chi connectivity index (χ4v) is 2.38. The molecule has 0 atom stereocenters. The molecule has 1 N–H and O–H groups in total. The molecular formula is C15H14BrNOS. The number of benzene rings is 2. The Morgan fingerprint density at radius 1 is 1.16 bits per heavy atom. The van der Waals surface area contributed by atoms with E-state index in [0.717, 1.165) is 26.2 Å². The SMILES string of the molecule is Cc1ccc(C)c(NC(=O)c2cc(S)ccc2Br)c1. The maximum absolute atomic E-state index is 12.3. The quantitative estimate of drug-likeness (QED) is 0.771. The van der Waals surface area contributed by atoms with E-state index in [1.807, 2.05) is 44.2 Å². The molecule has 0 aliphatic rings. The number of rotatable bonds is 2. The van der Waals surface area contributed by atoms with Gasteiger partial charge >= 0.3 is 0 Å². The number of carbonyl (C=O) groups is 1. The highest BCUT2D eigenvalue weighted by molar-refractivity contribution is 9.10. The normalized spacial score (nSPS) is 10.3. The molecule has 2 aromatic rings. The van der Waals surface area contributed by atoms with Crippen LogP contribution in [0.25, 0.3) is 0 Å². The van der Waals surface area contributed by atoms with Crippen molar-refractivity contribution in [3.05, 3.63) is 57.6 Å². The molecular weight excluding hydrogens is 322 g/mol. The fraction of sp³-hybridized carbons (Fsp3) is 0.133. The molecule has 0 spiro atoms. The zero-order valence-corrected chi connectivity index (χ0v) is 13.2. The number of aryl methyl sites for hydroxylation is 2. The number of hydrogen-bond donors (Lipinski definition) is 2. The molecule has 98 valence electrons. The first-order valence-electron chi connectivity index (χ1n) is 5.84. The molecule has 0 fully saturated rings. The van der Waals surface area contributed by atoms with Crippen molar-refractivity contribution >= 4 is 40.2 Å². The number of nitrogens with one attached hydrogen (secondary N) is 1. The lowest BCUT2D eigenvalue weighted by atomic mass is 10.1. The van der Waals surface area contributed by atoms with Crippen molar-refractivity contribution in [2.75, 3.05) is 5.32 Å². The number of halogens is 1. The lowest BCUT2D eigenvalue weighted by Gasteiger charge is -2.10. The molecule has 2 aromatic carbocycles. The number of anilines is 1. The van der Waals surface area contributed by atoms with Gasteiger partial charge in [-0.05, 0) is 65.2 Å². The van der Waals surface area contributed by atoms with Gasteiger partial charge in [-0.3, -0.25) is 4.79 Å². The van der Waals surface area contributed by atoms with Crippen LogP contribution in [-0.4, -0.2) is 5.91 Å². The first-order chi connectivity index (χ1) is 8.97. The number of thiol groups is 1. The first kappa shape index (κ1) is 14.2. The summed E-state index contributed by atoms with van der Waals surface area (Å²) in [4.78, 5) is 13.0. The molecule has 0 aliphatic carbocycles. The Morgan fingerprint density at radius 2 is 1.89 bits per heavy atom. The van der Waals surface area contributed by atoms with Gasteiger partial charge in [0.05, 0.1) is 5.56 Å². The topological polar surface area (TPSA) is 29.1 Å². The van der Waals surface area contributed by atoms with Crippen molar-refractivity contribution in [3.8, 4) is 0 Å². The van der Waals surface area contributed by atoms with Gasteiger partial charge in [-0.2, -0.15) is 0 Å². The number of amides is 1. The molecule has 0 unspecified atom stereocenters. The molecule has 4 heteroatoms. The molecule has 2 rings (SSSR count). The maximum atomic E-state index is 12.3. The summed E-state index contributed by atoms with van der Waals surface area (Å²) >= 11 is 7.64. The van der Waals surface area contributed by atoms with Crippen molar-refractivity contribution < 1.29 is 4.79 Å². The third-order valence-corrected chi connectivity index (χ3v) is 3.81. The summed E-state index contributed by atoms with van der Waals surface area (Å²) in [6.45, 7) is 3.97. The largest absolute Gasteiger partial charge is 0.322 e. The van der Waals surface area contributed by atoms with Gasteiger partial charge in [0.15, 0.2) is 0 Å². The van der Waals surface area contributed by atoms with Gasteiger partial charge in [0.1, 0.15) is 0 Å².